The Balaban J connectivity index is 1.80. The molecule has 1 saturated heterocycles. The zero-order chi connectivity index (χ0) is 11.4. The van der Waals surface area contributed by atoms with Gasteiger partial charge in [0.2, 0.25) is 0 Å². The summed E-state index contributed by atoms with van der Waals surface area (Å²) in [6, 6.07) is 4.49. The molecule has 1 aliphatic rings. The van der Waals surface area contributed by atoms with Crippen molar-refractivity contribution in [3.05, 3.63) is 34.6 Å². The maximum absolute atomic E-state index is 12.8. The number of ether oxygens (including phenoxy) is 1. The van der Waals surface area contributed by atoms with Gasteiger partial charge in [0, 0.05) is 24.7 Å². The van der Waals surface area contributed by atoms with E-state index in [1.165, 1.54) is 12.1 Å². The Morgan fingerprint density at radius 1 is 1.50 bits per heavy atom. The highest BCUT2D eigenvalue weighted by Gasteiger charge is 2.14. The SMILES string of the molecule is Fc1ccc(CNCC2CCOC2)c(Cl)c1. The van der Waals surface area contributed by atoms with E-state index in [0.29, 0.717) is 17.5 Å². The second-order valence-electron chi connectivity index (χ2n) is 4.10. The van der Waals surface area contributed by atoms with Crippen molar-refractivity contribution in [2.75, 3.05) is 19.8 Å². The third-order valence-electron chi connectivity index (χ3n) is 2.79. The lowest BCUT2D eigenvalue weighted by Crippen LogP contribution is -2.22. The fraction of sp³-hybridized carbons (Fsp3) is 0.500. The lowest BCUT2D eigenvalue weighted by molar-refractivity contribution is 0.185. The fourth-order valence-corrected chi connectivity index (χ4v) is 2.05. The van der Waals surface area contributed by atoms with Crippen LogP contribution in [-0.4, -0.2) is 19.8 Å². The van der Waals surface area contributed by atoms with E-state index in [4.69, 9.17) is 16.3 Å². The maximum Gasteiger partial charge on any atom is 0.124 e. The molecule has 4 heteroatoms. The van der Waals surface area contributed by atoms with Crippen LogP contribution in [0.15, 0.2) is 18.2 Å². The molecular formula is C12H15ClFNO. The molecule has 0 amide bonds. The van der Waals surface area contributed by atoms with Crippen molar-refractivity contribution in [1.29, 1.82) is 0 Å². The van der Waals surface area contributed by atoms with Crippen LogP contribution in [0.5, 0.6) is 0 Å². The molecule has 1 N–H and O–H groups in total. The largest absolute Gasteiger partial charge is 0.381 e. The van der Waals surface area contributed by atoms with Gasteiger partial charge in [0.1, 0.15) is 5.82 Å². The predicted octanol–water partition coefficient (Wildman–Crippen LogP) is 2.61. The molecule has 88 valence electrons. The lowest BCUT2D eigenvalue weighted by Gasteiger charge is -2.10. The van der Waals surface area contributed by atoms with E-state index in [1.807, 2.05) is 0 Å². The van der Waals surface area contributed by atoms with Crippen LogP contribution >= 0.6 is 11.6 Å². The molecule has 1 unspecified atom stereocenters. The van der Waals surface area contributed by atoms with Crippen LogP contribution in [0.1, 0.15) is 12.0 Å². The number of hydrogen-bond acceptors (Lipinski definition) is 2. The Labute approximate surface area is 99.7 Å². The van der Waals surface area contributed by atoms with Gasteiger partial charge in [-0.25, -0.2) is 4.39 Å². The zero-order valence-corrected chi connectivity index (χ0v) is 9.77. The van der Waals surface area contributed by atoms with E-state index in [0.717, 1.165) is 31.7 Å². The highest BCUT2D eigenvalue weighted by Crippen LogP contribution is 2.17. The highest BCUT2D eigenvalue weighted by atomic mass is 35.5. The molecule has 1 aromatic carbocycles. The Kier molecular flexibility index (Phi) is 4.16. The predicted molar refractivity (Wildman–Crippen MR) is 62.0 cm³/mol. The summed E-state index contributed by atoms with van der Waals surface area (Å²) < 4.78 is 18.1. The Morgan fingerprint density at radius 3 is 3.06 bits per heavy atom. The molecule has 0 spiro atoms. The van der Waals surface area contributed by atoms with Crippen LogP contribution in [0, 0.1) is 11.7 Å². The van der Waals surface area contributed by atoms with E-state index < -0.39 is 0 Å². The first-order valence-electron chi connectivity index (χ1n) is 5.48. The highest BCUT2D eigenvalue weighted by molar-refractivity contribution is 6.31. The molecule has 2 nitrogen and oxygen atoms in total. The Morgan fingerprint density at radius 2 is 2.38 bits per heavy atom. The molecule has 1 fully saturated rings. The Bertz CT molecular complexity index is 353. The van der Waals surface area contributed by atoms with E-state index in [-0.39, 0.29) is 5.82 Å². The van der Waals surface area contributed by atoms with Crippen molar-refractivity contribution < 1.29 is 9.13 Å². The number of nitrogens with one attached hydrogen (secondary N) is 1. The third kappa shape index (κ3) is 3.17. The summed E-state index contributed by atoms with van der Waals surface area (Å²) >= 11 is 5.92. The molecule has 1 aliphatic heterocycles. The van der Waals surface area contributed by atoms with Gasteiger partial charge in [-0.1, -0.05) is 17.7 Å². The molecule has 1 atom stereocenters. The second kappa shape index (κ2) is 5.62. The number of rotatable bonds is 4. The van der Waals surface area contributed by atoms with E-state index >= 15 is 0 Å². The molecule has 0 radical (unpaired) electrons. The lowest BCUT2D eigenvalue weighted by atomic mass is 10.1. The number of benzene rings is 1. The monoisotopic (exact) mass is 243 g/mol. The van der Waals surface area contributed by atoms with Crippen molar-refractivity contribution in [3.8, 4) is 0 Å². The van der Waals surface area contributed by atoms with Crippen molar-refractivity contribution in [3.63, 3.8) is 0 Å². The smallest absolute Gasteiger partial charge is 0.124 e. The van der Waals surface area contributed by atoms with Crippen molar-refractivity contribution in [2.24, 2.45) is 5.92 Å². The van der Waals surface area contributed by atoms with E-state index in [2.05, 4.69) is 5.32 Å². The molecule has 1 heterocycles. The average Bonchev–Trinajstić information content (AvgIpc) is 2.74. The Hall–Kier alpha value is -0.640. The van der Waals surface area contributed by atoms with Gasteiger partial charge in [-0.2, -0.15) is 0 Å². The average molecular weight is 244 g/mol. The molecule has 2 rings (SSSR count). The number of halogens is 2. The minimum Gasteiger partial charge on any atom is -0.381 e. The summed E-state index contributed by atoms with van der Waals surface area (Å²) in [7, 11) is 0. The maximum atomic E-state index is 12.8. The van der Waals surface area contributed by atoms with Crippen LogP contribution in [-0.2, 0) is 11.3 Å². The van der Waals surface area contributed by atoms with Crippen LogP contribution < -0.4 is 5.32 Å². The second-order valence-corrected chi connectivity index (χ2v) is 4.50. The van der Waals surface area contributed by atoms with Gasteiger partial charge in [0.25, 0.3) is 0 Å². The normalized spacial score (nSPS) is 20.2. The van der Waals surface area contributed by atoms with Crippen molar-refractivity contribution >= 4 is 11.6 Å². The van der Waals surface area contributed by atoms with Gasteiger partial charge in [-0.15, -0.1) is 0 Å². The van der Waals surface area contributed by atoms with Gasteiger partial charge in [-0.3, -0.25) is 0 Å². The van der Waals surface area contributed by atoms with Gasteiger partial charge in [0.15, 0.2) is 0 Å². The minimum absolute atomic E-state index is 0.294. The molecule has 0 bridgehead atoms. The van der Waals surface area contributed by atoms with Crippen LogP contribution in [0.3, 0.4) is 0 Å². The quantitative estimate of drug-likeness (QED) is 0.878. The molecule has 0 aliphatic carbocycles. The van der Waals surface area contributed by atoms with Gasteiger partial charge < -0.3 is 10.1 Å². The first kappa shape index (κ1) is 11.8. The molecule has 0 aromatic heterocycles. The van der Waals surface area contributed by atoms with Gasteiger partial charge in [-0.05, 0) is 30.0 Å². The van der Waals surface area contributed by atoms with Crippen LogP contribution in [0.25, 0.3) is 0 Å². The van der Waals surface area contributed by atoms with E-state index in [1.54, 1.807) is 6.07 Å². The van der Waals surface area contributed by atoms with Gasteiger partial charge >= 0.3 is 0 Å². The molecule has 0 saturated carbocycles. The summed E-state index contributed by atoms with van der Waals surface area (Å²) in [6.45, 7) is 3.30. The standard InChI is InChI=1S/C12H15ClFNO/c13-12-5-11(14)2-1-10(12)7-15-6-9-3-4-16-8-9/h1-2,5,9,15H,3-4,6-8H2. The van der Waals surface area contributed by atoms with Crippen LogP contribution in [0.2, 0.25) is 5.02 Å². The van der Waals surface area contributed by atoms with Gasteiger partial charge in [0.05, 0.1) is 6.61 Å². The summed E-state index contributed by atoms with van der Waals surface area (Å²) in [5.74, 6) is 0.303. The minimum atomic E-state index is -0.294. The summed E-state index contributed by atoms with van der Waals surface area (Å²) in [5, 5.41) is 3.80. The third-order valence-corrected chi connectivity index (χ3v) is 3.14. The van der Waals surface area contributed by atoms with Crippen molar-refractivity contribution in [1.82, 2.24) is 5.32 Å². The summed E-state index contributed by atoms with van der Waals surface area (Å²) in [4.78, 5) is 0. The number of hydrogen-bond donors (Lipinski definition) is 1. The van der Waals surface area contributed by atoms with Crippen molar-refractivity contribution in [2.45, 2.75) is 13.0 Å². The molecular weight excluding hydrogens is 229 g/mol. The van der Waals surface area contributed by atoms with Crippen LogP contribution in [0.4, 0.5) is 4.39 Å². The molecule has 1 aromatic rings. The van der Waals surface area contributed by atoms with E-state index in [9.17, 15) is 4.39 Å². The summed E-state index contributed by atoms with van der Waals surface area (Å²) in [6.07, 6.45) is 1.12. The molecule has 16 heavy (non-hydrogen) atoms. The first-order valence-corrected chi connectivity index (χ1v) is 5.86. The zero-order valence-electron chi connectivity index (χ0n) is 9.01. The topological polar surface area (TPSA) is 21.3 Å². The summed E-state index contributed by atoms with van der Waals surface area (Å²) in [5.41, 5.74) is 0.932. The first-order chi connectivity index (χ1) is 7.75. The fourth-order valence-electron chi connectivity index (χ4n) is 1.82.